The van der Waals surface area contributed by atoms with Crippen LogP contribution in [0.5, 0.6) is 0 Å². The molecule has 1 fully saturated rings. The lowest BCUT2D eigenvalue weighted by Crippen LogP contribution is -2.34. The molecule has 0 radical (unpaired) electrons. The second-order valence-electron chi connectivity index (χ2n) is 9.92. The van der Waals surface area contributed by atoms with E-state index in [1.165, 1.54) is 0 Å². The summed E-state index contributed by atoms with van der Waals surface area (Å²) in [6.45, 7) is 10.0. The lowest BCUT2D eigenvalue weighted by Gasteiger charge is -2.27. The molecule has 0 aromatic carbocycles. The maximum Gasteiger partial charge on any atom is 0.321 e. The van der Waals surface area contributed by atoms with Gasteiger partial charge in [-0.05, 0) is 54.5 Å². The SMILES string of the molecule is CNC(=O)c1cc(-c2cnnc(-c3cc(NC(=O)N4CCC(C(C)(C)C)C4)cnc3C)c2)ccn1. The van der Waals surface area contributed by atoms with E-state index in [0.717, 1.165) is 41.9 Å². The highest BCUT2D eigenvalue weighted by Gasteiger charge is 2.33. The van der Waals surface area contributed by atoms with Gasteiger partial charge < -0.3 is 15.5 Å². The second-order valence-corrected chi connectivity index (χ2v) is 9.92. The van der Waals surface area contributed by atoms with Crippen molar-refractivity contribution in [1.82, 2.24) is 30.4 Å². The summed E-state index contributed by atoms with van der Waals surface area (Å²) in [6, 6.07) is 7.16. The molecule has 9 nitrogen and oxygen atoms in total. The van der Waals surface area contributed by atoms with E-state index in [0.29, 0.717) is 23.0 Å². The number of rotatable bonds is 4. The minimum Gasteiger partial charge on any atom is -0.354 e. The topological polar surface area (TPSA) is 113 Å². The predicted octanol–water partition coefficient (Wildman–Crippen LogP) is 4.17. The Morgan fingerprint density at radius 3 is 2.60 bits per heavy atom. The summed E-state index contributed by atoms with van der Waals surface area (Å²) in [5.41, 5.74) is 4.85. The molecule has 3 aromatic rings. The number of amides is 3. The summed E-state index contributed by atoms with van der Waals surface area (Å²) >= 11 is 0. The summed E-state index contributed by atoms with van der Waals surface area (Å²) in [7, 11) is 1.57. The molecule has 0 aliphatic carbocycles. The number of hydrogen-bond donors (Lipinski definition) is 2. The molecule has 2 N–H and O–H groups in total. The van der Waals surface area contributed by atoms with Gasteiger partial charge in [-0.2, -0.15) is 10.2 Å². The van der Waals surface area contributed by atoms with Crippen LogP contribution in [-0.4, -0.2) is 57.1 Å². The smallest absolute Gasteiger partial charge is 0.321 e. The Morgan fingerprint density at radius 1 is 1.09 bits per heavy atom. The van der Waals surface area contributed by atoms with Gasteiger partial charge >= 0.3 is 6.03 Å². The van der Waals surface area contributed by atoms with E-state index in [9.17, 15) is 9.59 Å². The quantitative estimate of drug-likeness (QED) is 0.588. The minimum absolute atomic E-state index is 0.119. The average Bonchev–Trinajstić information content (AvgIpc) is 3.36. The van der Waals surface area contributed by atoms with Gasteiger partial charge in [-0.25, -0.2) is 4.79 Å². The van der Waals surface area contributed by atoms with E-state index in [1.807, 2.05) is 30.0 Å². The molecular formula is C26H31N7O2. The standard InChI is InChI=1S/C26H31N7O2/c1-16-21(12-20(14-29-16)31-25(35)33-9-7-19(15-33)26(2,3)4)22-11-18(13-30-32-22)17-6-8-28-23(10-17)24(34)27-5/h6,8,10-14,19H,7,9,15H2,1-5H3,(H,27,34)(H,31,35). The molecule has 0 spiro atoms. The van der Waals surface area contributed by atoms with Crippen LogP contribution in [0, 0.1) is 18.3 Å². The number of pyridine rings is 2. The van der Waals surface area contributed by atoms with Crippen LogP contribution in [0.2, 0.25) is 0 Å². The first-order valence-corrected chi connectivity index (χ1v) is 11.7. The number of nitrogens with zero attached hydrogens (tertiary/aromatic N) is 5. The minimum atomic E-state index is -0.260. The normalized spacial score (nSPS) is 15.7. The molecule has 4 rings (SSSR count). The molecule has 3 amide bonds. The Kier molecular flexibility index (Phi) is 6.77. The van der Waals surface area contributed by atoms with Crippen LogP contribution in [0.25, 0.3) is 22.4 Å². The number of hydrogen-bond acceptors (Lipinski definition) is 6. The zero-order valence-electron chi connectivity index (χ0n) is 20.8. The number of carbonyl (C=O) groups is 2. The number of aryl methyl sites for hydroxylation is 1. The van der Waals surface area contributed by atoms with Gasteiger partial charge in [0.05, 0.1) is 23.8 Å². The number of likely N-dealkylation sites (tertiary alicyclic amines) is 1. The molecule has 0 bridgehead atoms. The van der Waals surface area contributed by atoms with Gasteiger partial charge in [0.25, 0.3) is 5.91 Å². The van der Waals surface area contributed by atoms with Crippen molar-refractivity contribution in [3.8, 4) is 22.4 Å². The van der Waals surface area contributed by atoms with Gasteiger partial charge in [-0.3, -0.25) is 14.8 Å². The van der Waals surface area contributed by atoms with Crippen LogP contribution in [0.3, 0.4) is 0 Å². The Balaban J connectivity index is 1.56. The zero-order valence-corrected chi connectivity index (χ0v) is 20.8. The second kappa shape index (κ2) is 9.77. The zero-order chi connectivity index (χ0) is 25.2. The number of urea groups is 1. The van der Waals surface area contributed by atoms with Crippen molar-refractivity contribution in [1.29, 1.82) is 0 Å². The van der Waals surface area contributed by atoms with E-state index < -0.39 is 0 Å². The Labute approximate surface area is 205 Å². The largest absolute Gasteiger partial charge is 0.354 e. The molecule has 9 heteroatoms. The highest BCUT2D eigenvalue weighted by Crippen LogP contribution is 2.34. The lowest BCUT2D eigenvalue weighted by atomic mass is 9.80. The summed E-state index contributed by atoms with van der Waals surface area (Å²) in [6.07, 6.45) is 5.89. The third-order valence-electron chi connectivity index (χ3n) is 6.52. The summed E-state index contributed by atoms with van der Waals surface area (Å²) in [5.74, 6) is 0.222. The fraction of sp³-hybridized carbons (Fsp3) is 0.385. The summed E-state index contributed by atoms with van der Waals surface area (Å²) in [5, 5.41) is 14.0. The molecule has 0 saturated carbocycles. The van der Waals surface area contributed by atoms with E-state index in [2.05, 4.69) is 51.6 Å². The lowest BCUT2D eigenvalue weighted by molar-refractivity contribution is 0.0958. The average molecular weight is 474 g/mol. The fourth-order valence-corrected chi connectivity index (χ4v) is 4.23. The van der Waals surface area contributed by atoms with Crippen LogP contribution in [0.1, 0.15) is 43.4 Å². The van der Waals surface area contributed by atoms with Crippen molar-refractivity contribution >= 4 is 17.6 Å². The summed E-state index contributed by atoms with van der Waals surface area (Å²) < 4.78 is 0. The van der Waals surface area contributed by atoms with E-state index in [1.54, 1.807) is 31.7 Å². The Morgan fingerprint density at radius 2 is 1.89 bits per heavy atom. The van der Waals surface area contributed by atoms with Crippen molar-refractivity contribution in [2.75, 3.05) is 25.5 Å². The van der Waals surface area contributed by atoms with Gasteiger partial charge in [0, 0.05) is 43.2 Å². The van der Waals surface area contributed by atoms with Gasteiger partial charge in [0.1, 0.15) is 5.69 Å². The van der Waals surface area contributed by atoms with Crippen molar-refractivity contribution in [3.05, 3.63) is 54.2 Å². The molecule has 3 aromatic heterocycles. The summed E-state index contributed by atoms with van der Waals surface area (Å²) in [4.78, 5) is 35.3. The molecule has 4 heterocycles. The van der Waals surface area contributed by atoms with Crippen molar-refractivity contribution < 1.29 is 9.59 Å². The maximum absolute atomic E-state index is 12.9. The third-order valence-corrected chi connectivity index (χ3v) is 6.52. The van der Waals surface area contributed by atoms with Crippen LogP contribution in [-0.2, 0) is 0 Å². The Bertz CT molecular complexity index is 1250. The highest BCUT2D eigenvalue weighted by molar-refractivity contribution is 5.93. The first kappa shape index (κ1) is 24.3. The molecule has 182 valence electrons. The van der Waals surface area contributed by atoms with Crippen LogP contribution < -0.4 is 10.6 Å². The van der Waals surface area contributed by atoms with E-state index >= 15 is 0 Å². The number of aromatic nitrogens is 4. The molecule has 1 saturated heterocycles. The van der Waals surface area contributed by atoms with Gasteiger partial charge in [-0.15, -0.1) is 0 Å². The number of carbonyl (C=O) groups excluding carboxylic acids is 2. The molecule has 1 aliphatic rings. The fourth-order valence-electron chi connectivity index (χ4n) is 4.23. The van der Waals surface area contributed by atoms with E-state index in [4.69, 9.17) is 0 Å². The van der Waals surface area contributed by atoms with Crippen molar-refractivity contribution in [2.45, 2.75) is 34.1 Å². The third kappa shape index (κ3) is 5.45. The first-order valence-electron chi connectivity index (χ1n) is 11.7. The molecule has 1 unspecified atom stereocenters. The van der Waals surface area contributed by atoms with Crippen LogP contribution >= 0.6 is 0 Å². The molecule has 35 heavy (non-hydrogen) atoms. The highest BCUT2D eigenvalue weighted by atomic mass is 16.2. The van der Waals surface area contributed by atoms with Gasteiger partial charge in [0.2, 0.25) is 0 Å². The van der Waals surface area contributed by atoms with Crippen LogP contribution in [0.4, 0.5) is 10.5 Å². The monoisotopic (exact) mass is 473 g/mol. The molecule has 1 aliphatic heterocycles. The predicted molar refractivity (Wildman–Crippen MR) is 135 cm³/mol. The van der Waals surface area contributed by atoms with Gasteiger partial charge in [-0.1, -0.05) is 20.8 Å². The number of nitrogens with one attached hydrogen (secondary N) is 2. The first-order chi connectivity index (χ1) is 16.7. The maximum atomic E-state index is 12.9. The molecule has 1 atom stereocenters. The molecular weight excluding hydrogens is 442 g/mol. The van der Waals surface area contributed by atoms with Crippen molar-refractivity contribution in [2.24, 2.45) is 11.3 Å². The van der Waals surface area contributed by atoms with Crippen LogP contribution in [0.15, 0.2) is 42.9 Å². The Hall–Kier alpha value is -3.88. The van der Waals surface area contributed by atoms with Gasteiger partial charge in [0.15, 0.2) is 0 Å². The number of anilines is 1. The van der Waals surface area contributed by atoms with E-state index in [-0.39, 0.29) is 17.4 Å². The van der Waals surface area contributed by atoms with Crippen molar-refractivity contribution in [3.63, 3.8) is 0 Å².